The highest BCUT2D eigenvalue weighted by Gasteiger charge is 2.43. The van der Waals surface area contributed by atoms with Crippen LogP contribution in [-0.2, 0) is 6.54 Å². The van der Waals surface area contributed by atoms with E-state index in [0.29, 0.717) is 17.7 Å². The number of para-hydroxylation sites is 1. The Hall–Kier alpha value is -2.40. The Bertz CT molecular complexity index is 784. The summed E-state index contributed by atoms with van der Waals surface area (Å²) >= 11 is 0. The first kappa shape index (κ1) is 16.1. The Labute approximate surface area is 146 Å². The molecule has 2 aliphatic heterocycles. The van der Waals surface area contributed by atoms with Crippen LogP contribution in [-0.4, -0.2) is 34.5 Å². The zero-order chi connectivity index (χ0) is 17.3. The smallest absolute Gasteiger partial charge is 0.165 e. The molecule has 1 fully saturated rings. The summed E-state index contributed by atoms with van der Waals surface area (Å²) in [5.74, 6) is -0.178. The lowest BCUT2D eigenvalue weighted by Crippen LogP contribution is -2.51. The molecule has 130 valence electrons. The van der Waals surface area contributed by atoms with E-state index in [-0.39, 0.29) is 5.75 Å². The molecule has 1 spiro atoms. The minimum Gasteiger partial charge on any atom is -0.483 e. The van der Waals surface area contributed by atoms with E-state index >= 15 is 0 Å². The molecule has 5 heteroatoms. The molecule has 0 amide bonds. The predicted molar refractivity (Wildman–Crippen MR) is 93.7 cm³/mol. The molecule has 0 aliphatic carbocycles. The number of fused-ring (bicyclic) bond motifs is 1. The molecular formula is C20H21FN2O2. The molecule has 2 aliphatic rings. The first-order valence-electron chi connectivity index (χ1n) is 8.64. The number of nitrogens with zero attached hydrogens (tertiary/aromatic N) is 2. The zero-order valence-corrected chi connectivity index (χ0v) is 14.0. The lowest BCUT2D eigenvalue weighted by atomic mass is 9.82. The van der Waals surface area contributed by atoms with Gasteiger partial charge in [-0.25, -0.2) is 4.39 Å². The summed E-state index contributed by atoms with van der Waals surface area (Å²) in [6.45, 7) is 2.65. The van der Waals surface area contributed by atoms with Crippen LogP contribution in [0.3, 0.4) is 0 Å². The van der Waals surface area contributed by atoms with Crippen LogP contribution in [0.5, 0.6) is 5.75 Å². The van der Waals surface area contributed by atoms with Gasteiger partial charge in [0.15, 0.2) is 11.6 Å². The number of hydrogen-bond donors (Lipinski definition) is 1. The highest BCUT2D eigenvalue weighted by Crippen LogP contribution is 2.41. The van der Waals surface area contributed by atoms with Crippen LogP contribution >= 0.6 is 0 Å². The molecule has 2 aromatic carbocycles. The van der Waals surface area contributed by atoms with Crippen LogP contribution in [0.15, 0.2) is 53.7 Å². The van der Waals surface area contributed by atoms with Crippen molar-refractivity contribution in [2.24, 2.45) is 5.16 Å². The second-order valence-corrected chi connectivity index (χ2v) is 6.89. The fourth-order valence-corrected chi connectivity index (χ4v) is 3.82. The fraction of sp³-hybridized carbons (Fsp3) is 0.350. The summed E-state index contributed by atoms with van der Waals surface area (Å²) in [4.78, 5) is 2.39. The molecule has 1 N–H and O–H groups in total. The molecule has 2 aromatic rings. The van der Waals surface area contributed by atoms with E-state index in [1.807, 2.05) is 6.07 Å². The van der Waals surface area contributed by atoms with Crippen molar-refractivity contribution in [1.29, 1.82) is 0 Å². The third-order valence-electron chi connectivity index (χ3n) is 5.22. The molecule has 2 heterocycles. The average molecular weight is 340 g/mol. The zero-order valence-electron chi connectivity index (χ0n) is 14.0. The van der Waals surface area contributed by atoms with E-state index in [9.17, 15) is 9.60 Å². The molecule has 0 unspecified atom stereocenters. The van der Waals surface area contributed by atoms with Gasteiger partial charge in [0.1, 0.15) is 5.60 Å². The minimum atomic E-state index is -0.482. The highest BCUT2D eigenvalue weighted by molar-refractivity contribution is 6.04. The van der Waals surface area contributed by atoms with Gasteiger partial charge in [-0.1, -0.05) is 41.6 Å². The Kier molecular flexibility index (Phi) is 4.17. The Morgan fingerprint density at radius 2 is 1.84 bits per heavy atom. The highest BCUT2D eigenvalue weighted by atomic mass is 19.1. The monoisotopic (exact) mass is 340 g/mol. The summed E-state index contributed by atoms with van der Waals surface area (Å²) < 4.78 is 20.3. The summed E-state index contributed by atoms with van der Waals surface area (Å²) in [5, 5.41) is 12.8. The van der Waals surface area contributed by atoms with E-state index in [1.165, 1.54) is 11.6 Å². The van der Waals surface area contributed by atoms with Crippen LogP contribution in [0.4, 0.5) is 4.39 Å². The van der Waals surface area contributed by atoms with Crippen molar-refractivity contribution in [2.45, 2.75) is 31.4 Å². The molecule has 0 radical (unpaired) electrons. The number of likely N-dealkylation sites (tertiary alicyclic amines) is 1. The maximum absolute atomic E-state index is 14.2. The number of oxime groups is 1. The van der Waals surface area contributed by atoms with Crippen molar-refractivity contribution in [1.82, 2.24) is 4.90 Å². The molecule has 0 bridgehead atoms. The third-order valence-corrected chi connectivity index (χ3v) is 5.22. The first-order valence-corrected chi connectivity index (χ1v) is 8.64. The van der Waals surface area contributed by atoms with Gasteiger partial charge in [0.25, 0.3) is 0 Å². The Morgan fingerprint density at radius 3 is 2.56 bits per heavy atom. The maximum atomic E-state index is 14.2. The van der Waals surface area contributed by atoms with Crippen molar-refractivity contribution in [3.8, 4) is 5.75 Å². The third kappa shape index (κ3) is 3.12. The molecule has 25 heavy (non-hydrogen) atoms. The van der Waals surface area contributed by atoms with Crippen LogP contribution in [0.25, 0.3) is 0 Å². The summed E-state index contributed by atoms with van der Waals surface area (Å²) in [7, 11) is 0. The molecule has 4 nitrogen and oxygen atoms in total. The second kappa shape index (κ2) is 6.48. The van der Waals surface area contributed by atoms with Crippen molar-refractivity contribution in [3.05, 3.63) is 65.5 Å². The maximum Gasteiger partial charge on any atom is 0.165 e. The van der Waals surface area contributed by atoms with Crippen molar-refractivity contribution >= 4 is 5.71 Å². The quantitative estimate of drug-likeness (QED) is 0.668. The van der Waals surface area contributed by atoms with E-state index < -0.39 is 11.4 Å². The van der Waals surface area contributed by atoms with Crippen LogP contribution in [0.2, 0.25) is 0 Å². The molecule has 4 rings (SSSR count). The van der Waals surface area contributed by atoms with E-state index in [4.69, 9.17) is 4.74 Å². The largest absolute Gasteiger partial charge is 0.483 e. The van der Waals surface area contributed by atoms with Gasteiger partial charge >= 0.3 is 0 Å². The molecule has 0 aromatic heterocycles. The van der Waals surface area contributed by atoms with Gasteiger partial charge in [0, 0.05) is 44.5 Å². The normalized spacial score (nSPS) is 21.1. The van der Waals surface area contributed by atoms with Crippen molar-refractivity contribution in [2.75, 3.05) is 13.1 Å². The summed E-state index contributed by atoms with van der Waals surface area (Å²) in [6.07, 6.45) is 2.08. The first-order chi connectivity index (χ1) is 12.2. The van der Waals surface area contributed by atoms with Gasteiger partial charge in [-0.15, -0.1) is 0 Å². The molecular weight excluding hydrogens is 319 g/mol. The van der Waals surface area contributed by atoms with Crippen LogP contribution in [0.1, 0.15) is 30.4 Å². The standard InChI is InChI=1S/C20H21FN2O2/c21-17-8-4-7-16-18(22-24)13-20(25-19(16)17)9-11-23(12-10-20)14-15-5-2-1-3-6-15/h1-8,24H,9-14H2/b22-18-. The van der Waals surface area contributed by atoms with Gasteiger partial charge in [-0.05, 0) is 17.7 Å². The summed E-state index contributed by atoms with van der Waals surface area (Å²) in [5.41, 5.74) is 1.87. The van der Waals surface area contributed by atoms with Gasteiger partial charge in [0.2, 0.25) is 0 Å². The van der Waals surface area contributed by atoms with Gasteiger partial charge in [-0.3, -0.25) is 4.90 Å². The minimum absolute atomic E-state index is 0.220. The topological polar surface area (TPSA) is 45.1 Å². The fourth-order valence-electron chi connectivity index (χ4n) is 3.82. The van der Waals surface area contributed by atoms with E-state index in [0.717, 1.165) is 32.5 Å². The SMILES string of the molecule is O/N=C1/CC2(CCN(Cc3ccccc3)CC2)Oc2c(F)cccc21. The molecule has 0 atom stereocenters. The number of piperidine rings is 1. The lowest BCUT2D eigenvalue weighted by molar-refractivity contribution is -0.00239. The Balaban J connectivity index is 1.50. The van der Waals surface area contributed by atoms with Gasteiger partial charge < -0.3 is 9.94 Å². The predicted octanol–water partition coefficient (Wildman–Crippen LogP) is 3.82. The average Bonchev–Trinajstić information content (AvgIpc) is 2.65. The van der Waals surface area contributed by atoms with E-state index in [2.05, 4.69) is 34.3 Å². The number of benzene rings is 2. The van der Waals surface area contributed by atoms with Crippen LogP contribution < -0.4 is 4.74 Å². The number of halogens is 1. The van der Waals surface area contributed by atoms with Crippen LogP contribution in [0, 0.1) is 5.82 Å². The number of rotatable bonds is 2. The van der Waals surface area contributed by atoms with Gasteiger partial charge in [-0.2, -0.15) is 0 Å². The summed E-state index contributed by atoms with van der Waals surface area (Å²) in [6, 6.07) is 15.1. The lowest BCUT2D eigenvalue weighted by Gasteiger charge is -2.44. The van der Waals surface area contributed by atoms with E-state index in [1.54, 1.807) is 12.1 Å². The van der Waals surface area contributed by atoms with Crippen molar-refractivity contribution < 1.29 is 14.3 Å². The molecule has 0 saturated carbocycles. The Morgan fingerprint density at radius 1 is 1.08 bits per heavy atom. The van der Waals surface area contributed by atoms with Crippen molar-refractivity contribution in [3.63, 3.8) is 0 Å². The number of hydrogen-bond acceptors (Lipinski definition) is 4. The molecule has 1 saturated heterocycles. The second-order valence-electron chi connectivity index (χ2n) is 6.89. The number of ether oxygens (including phenoxy) is 1. The van der Waals surface area contributed by atoms with Gasteiger partial charge in [0.05, 0.1) is 5.71 Å².